The molecule has 74 valence electrons. The predicted molar refractivity (Wildman–Crippen MR) is 54.8 cm³/mol. The van der Waals surface area contributed by atoms with E-state index in [1.165, 1.54) is 0 Å². The van der Waals surface area contributed by atoms with E-state index in [9.17, 15) is 0 Å². The van der Waals surface area contributed by atoms with Crippen molar-refractivity contribution in [2.75, 3.05) is 7.05 Å². The summed E-state index contributed by atoms with van der Waals surface area (Å²) in [5.74, 6) is 1.16. The number of nitrogens with one attached hydrogen (secondary N) is 1. The Morgan fingerprint density at radius 1 is 1.54 bits per heavy atom. The van der Waals surface area contributed by atoms with Crippen molar-refractivity contribution in [3.05, 3.63) is 18.2 Å². The first kappa shape index (κ1) is 10.3. The molecule has 0 aromatic carbocycles. The zero-order chi connectivity index (χ0) is 9.84. The van der Waals surface area contributed by atoms with Crippen LogP contribution in [0.3, 0.4) is 0 Å². The Kier molecular flexibility index (Phi) is 3.48. The average molecular weight is 181 g/mol. The Morgan fingerprint density at radius 3 is 2.77 bits per heavy atom. The number of likely N-dealkylation sites (N-methyl/N-ethyl adjacent to an activating group) is 1. The third kappa shape index (κ3) is 2.10. The Labute approximate surface area is 80.2 Å². The van der Waals surface area contributed by atoms with E-state index in [0.29, 0.717) is 12.1 Å². The van der Waals surface area contributed by atoms with Gasteiger partial charge in [0.05, 0.1) is 0 Å². The van der Waals surface area contributed by atoms with Crippen molar-refractivity contribution < 1.29 is 0 Å². The van der Waals surface area contributed by atoms with Gasteiger partial charge in [0.1, 0.15) is 5.82 Å². The summed E-state index contributed by atoms with van der Waals surface area (Å²) in [4.78, 5) is 4.31. The molecule has 3 heteroatoms. The van der Waals surface area contributed by atoms with Crippen LogP contribution in [0.25, 0.3) is 0 Å². The second-order valence-electron chi connectivity index (χ2n) is 3.42. The zero-order valence-electron chi connectivity index (χ0n) is 8.91. The van der Waals surface area contributed by atoms with Gasteiger partial charge in [-0.15, -0.1) is 0 Å². The van der Waals surface area contributed by atoms with Crippen LogP contribution < -0.4 is 5.32 Å². The summed E-state index contributed by atoms with van der Waals surface area (Å²) >= 11 is 0. The molecule has 0 aliphatic carbocycles. The van der Waals surface area contributed by atoms with Crippen molar-refractivity contribution in [2.45, 2.75) is 39.3 Å². The Morgan fingerprint density at radius 2 is 2.23 bits per heavy atom. The van der Waals surface area contributed by atoms with Crippen LogP contribution >= 0.6 is 0 Å². The van der Waals surface area contributed by atoms with Crippen molar-refractivity contribution in [1.82, 2.24) is 14.9 Å². The highest BCUT2D eigenvalue weighted by molar-refractivity contribution is 4.95. The first-order valence-electron chi connectivity index (χ1n) is 4.89. The molecule has 13 heavy (non-hydrogen) atoms. The number of imidazole rings is 1. The van der Waals surface area contributed by atoms with Gasteiger partial charge in [-0.2, -0.15) is 0 Å². The molecule has 2 unspecified atom stereocenters. The van der Waals surface area contributed by atoms with E-state index in [2.05, 4.69) is 41.8 Å². The molecule has 0 amide bonds. The van der Waals surface area contributed by atoms with Crippen LogP contribution in [0.4, 0.5) is 0 Å². The molecule has 0 spiro atoms. The van der Waals surface area contributed by atoms with Gasteiger partial charge in [0.25, 0.3) is 0 Å². The van der Waals surface area contributed by atoms with Gasteiger partial charge < -0.3 is 9.88 Å². The minimum Gasteiger partial charge on any atom is -0.331 e. The first-order chi connectivity index (χ1) is 6.20. The van der Waals surface area contributed by atoms with Crippen LogP contribution in [0.5, 0.6) is 0 Å². The Hall–Kier alpha value is -0.830. The van der Waals surface area contributed by atoms with E-state index in [4.69, 9.17) is 0 Å². The Bertz CT molecular complexity index is 254. The number of hydrogen-bond donors (Lipinski definition) is 1. The molecule has 1 heterocycles. The van der Waals surface area contributed by atoms with E-state index >= 15 is 0 Å². The van der Waals surface area contributed by atoms with Gasteiger partial charge in [0.15, 0.2) is 0 Å². The van der Waals surface area contributed by atoms with Gasteiger partial charge in [0, 0.05) is 30.9 Å². The molecule has 0 fully saturated rings. The predicted octanol–water partition coefficient (Wildman–Crippen LogP) is 1.61. The molecule has 1 rings (SSSR count). The molecule has 0 aliphatic heterocycles. The van der Waals surface area contributed by atoms with Crippen LogP contribution in [-0.2, 0) is 6.42 Å². The van der Waals surface area contributed by atoms with Gasteiger partial charge in [-0.3, -0.25) is 0 Å². The summed E-state index contributed by atoms with van der Waals surface area (Å²) in [7, 11) is 1.99. The van der Waals surface area contributed by atoms with Gasteiger partial charge in [-0.05, 0) is 20.9 Å². The Balaban J connectivity index is 2.81. The summed E-state index contributed by atoms with van der Waals surface area (Å²) in [5.41, 5.74) is 0. The summed E-state index contributed by atoms with van der Waals surface area (Å²) in [6, 6.07) is 0.932. The molecule has 0 aliphatic rings. The molecule has 0 saturated heterocycles. The lowest BCUT2D eigenvalue weighted by molar-refractivity contribution is 0.405. The normalized spacial score (nSPS) is 15.7. The first-order valence-corrected chi connectivity index (χ1v) is 4.89. The third-order valence-electron chi connectivity index (χ3n) is 2.68. The number of rotatable bonds is 4. The largest absolute Gasteiger partial charge is 0.331 e. The SMILES string of the molecule is CCc1nccn1C(C)C(C)NC. The van der Waals surface area contributed by atoms with Gasteiger partial charge in [0.2, 0.25) is 0 Å². The lowest BCUT2D eigenvalue weighted by Gasteiger charge is -2.22. The van der Waals surface area contributed by atoms with Crippen LogP contribution in [0.15, 0.2) is 12.4 Å². The fourth-order valence-corrected chi connectivity index (χ4v) is 1.47. The highest BCUT2D eigenvalue weighted by Gasteiger charge is 2.13. The highest BCUT2D eigenvalue weighted by atomic mass is 15.1. The summed E-state index contributed by atoms with van der Waals surface area (Å²) in [5, 5.41) is 3.26. The highest BCUT2D eigenvalue weighted by Crippen LogP contribution is 2.13. The molecule has 1 N–H and O–H groups in total. The van der Waals surface area contributed by atoms with Gasteiger partial charge >= 0.3 is 0 Å². The minimum absolute atomic E-state index is 0.461. The maximum absolute atomic E-state index is 4.31. The maximum atomic E-state index is 4.31. The van der Waals surface area contributed by atoms with Crippen molar-refractivity contribution in [2.24, 2.45) is 0 Å². The van der Waals surface area contributed by atoms with Crippen LogP contribution in [0, 0.1) is 0 Å². The van der Waals surface area contributed by atoms with E-state index in [0.717, 1.165) is 12.2 Å². The number of hydrogen-bond acceptors (Lipinski definition) is 2. The zero-order valence-corrected chi connectivity index (χ0v) is 8.91. The minimum atomic E-state index is 0.461. The van der Waals surface area contributed by atoms with Gasteiger partial charge in [-0.25, -0.2) is 4.98 Å². The summed E-state index contributed by atoms with van der Waals surface area (Å²) in [6.45, 7) is 6.53. The second kappa shape index (κ2) is 4.42. The van der Waals surface area contributed by atoms with Crippen LogP contribution in [-0.4, -0.2) is 22.6 Å². The van der Waals surface area contributed by atoms with Crippen LogP contribution in [0.2, 0.25) is 0 Å². The van der Waals surface area contributed by atoms with E-state index in [-0.39, 0.29) is 0 Å². The molecule has 3 nitrogen and oxygen atoms in total. The summed E-state index contributed by atoms with van der Waals surface area (Å²) < 4.78 is 2.24. The monoisotopic (exact) mass is 181 g/mol. The van der Waals surface area contributed by atoms with Crippen molar-refractivity contribution >= 4 is 0 Å². The number of nitrogens with zero attached hydrogens (tertiary/aromatic N) is 2. The summed E-state index contributed by atoms with van der Waals surface area (Å²) in [6.07, 6.45) is 4.92. The third-order valence-corrected chi connectivity index (χ3v) is 2.68. The fourth-order valence-electron chi connectivity index (χ4n) is 1.47. The molecule has 0 saturated carbocycles. The van der Waals surface area contributed by atoms with Crippen molar-refractivity contribution in [3.63, 3.8) is 0 Å². The standard InChI is InChI=1S/C10H19N3/c1-5-10-12-6-7-13(10)9(3)8(2)11-4/h6-9,11H,5H2,1-4H3. The molecular weight excluding hydrogens is 162 g/mol. The lowest BCUT2D eigenvalue weighted by atomic mass is 10.1. The van der Waals surface area contributed by atoms with Crippen molar-refractivity contribution in [3.8, 4) is 0 Å². The quantitative estimate of drug-likeness (QED) is 0.765. The van der Waals surface area contributed by atoms with E-state index < -0.39 is 0 Å². The smallest absolute Gasteiger partial charge is 0.108 e. The molecule has 0 radical (unpaired) electrons. The molecule has 1 aromatic heterocycles. The van der Waals surface area contributed by atoms with Crippen molar-refractivity contribution in [1.29, 1.82) is 0 Å². The van der Waals surface area contributed by atoms with E-state index in [1.807, 2.05) is 13.2 Å². The molecule has 1 aromatic rings. The van der Waals surface area contributed by atoms with Crippen LogP contribution in [0.1, 0.15) is 32.6 Å². The second-order valence-corrected chi connectivity index (χ2v) is 3.42. The maximum Gasteiger partial charge on any atom is 0.108 e. The molecular formula is C10H19N3. The number of aromatic nitrogens is 2. The lowest BCUT2D eigenvalue weighted by Crippen LogP contribution is -2.31. The fraction of sp³-hybridized carbons (Fsp3) is 0.700. The number of aryl methyl sites for hydroxylation is 1. The van der Waals surface area contributed by atoms with Gasteiger partial charge in [-0.1, -0.05) is 6.92 Å². The molecule has 0 bridgehead atoms. The molecule has 2 atom stereocenters. The topological polar surface area (TPSA) is 29.9 Å². The average Bonchev–Trinajstić information content (AvgIpc) is 2.62. The van der Waals surface area contributed by atoms with E-state index in [1.54, 1.807) is 0 Å².